The summed E-state index contributed by atoms with van der Waals surface area (Å²) >= 11 is 0. The number of carbonyl (C=O) groups is 1. The molecule has 4 rings (SSSR count). The molecule has 34 heavy (non-hydrogen) atoms. The van der Waals surface area contributed by atoms with Crippen LogP contribution in [0.25, 0.3) is 0 Å². The van der Waals surface area contributed by atoms with E-state index in [2.05, 4.69) is 25.7 Å². The molecule has 0 fully saturated rings. The Bertz CT molecular complexity index is 1200. The van der Waals surface area contributed by atoms with Crippen LogP contribution in [0, 0.1) is 12.7 Å². The van der Waals surface area contributed by atoms with Gasteiger partial charge in [-0.25, -0.2) is 9.37 Å². The quantitative estimate of drug-likeness (QED) is 0.519. The summed E-state index contributed by atoms with van der Waals surface area (Å²) in [5, 5.41) is 10.5. The molecule has 0 bridgehead atoms. The maximum atomic E-state index is 13.9. The highest BCUT2D eigenvalue weighted by molar-refractivity contribution is 6.03. The predicted molar refractivity (Wildman–Crippen MR) is 126 cm³/mol. The van der Waals surface area contributed by atoms with Gasteiger partial charge in [0, 0.05) is 32.5 Å². The van der Waals surface area contributed by atoms with Crippen LogP contribution in [0.5, 0.6) is 5.75 Å². The molecule has 3 aromatic rings. The molecule has 0 saturated heterocycles. The van der Waals surface area contributed by atoms with Crippen LogP contribution < -0.4 is 20.3 Å². The number of nitrogens with one attached hydrogen (secondary N) is 2. The summed E-state index contributed by atoms with van der Waals surface area (Å²) in [6.07, 6.45) is 3.30. The second-order valence-electron chi connectivity index (χ2n) is 8.19. The zero-order valence-corrected chi connectivity index (χ0v) is 19.8. The standard InChI is InChI=1S/C23H28FN7O3/c1-13-19-21(30(3)20(14(2)33-4)22(32)28-19)29-23(27-13)25-9-16-10-26-31(12-16)11-15-6-7-18(34-5)17(24)8-15/h6-8,10,12,14,20H,9,11H2,1-5H3,(H,28,32)(H,25,27,29). The lowest BCUT2D eigenvalue weighted by atomic mass is 10.1. The highest BCUT2D eigenvalue weighted by atomic mass is 19.1. The Balaban J connectivity index is 1.45. The number of hydrogen-bond acceptors (Lipinski definition) is 8. The Labute approximate surface area is 197 Å². The van der Waals surface area contributed by atoms with Crippen LogP contribution in [-0.4, -0.2) is 59.1 Å². The number of likely N-dealkylation sites (N-methyl/N-ethyl adjacent to an activating group) is 1. The lowest BCUT2D eigenvalue weighted by Gasteiger charge is -2.37. The maximum Gasteiger partial charge on any atom is 0.249 e. The van der Waals surface area contributed by atoms with Gasteiger partial charge in [-0.3, -0.25) is 9.48 Å². The number of aromatic nitrogens is 4. The summed E-state index contributed by atoms with van der Waals surface area (Å²) in [4.78, 5) is 23.5. The molecule has 0 saturated carbocycles. The first-order valence-corrected chi connectivity index (χ1v) is 10.8. The summed E-state index contributed by atoms with van der Waals surface area (Å²) in [5.41, 5.74) is 2.95. The first-order valence-electron chi connectivity index (χ1n) is 10.8. The first kappa shape index (κ1) is 23.4. The number of fused-ring (bicyclic) bond motifs is 1. The predicted octanol–water partition coefficient (Wildman–Crippen LogP) is 2.58. The fourth-order valence-corrected chi connectivity index (χ4v) is 3.96. The molecule has 2 atom stereocenters. The number of amides is 1. The number of benzene rings is 1. The fourth-order valence-electron chi connectivity index (χ4n) is 3.96. The molecule has 0 aliphatic carbocycles. The lowest BCUT2D eigenvalue weighted by molar-refractivity contribution is -0.120. The van der Waals surface area contributed by atoms with Gasteiger partial charge < -0.3 is 25.0 Å². The van der Waals surface area contributed by atoms with Gasteiger partial charge in [-0.15, -0.1) is 0 Å². The van der Waals surface area contributed by atoms with Crippen molar-refractivity contribution in [1.82, 2.24) is 19.7 Å². The Kier molecular flexibility index (Phi) is 6.64. The summed E-state index contributed by atoms with van der Waals surface area (Å²) in [7, 11) is 4.83. The van der Waals surface area contributed by atoms with Crippen LogP contribution in [0.15, 0.2) is 30.6 Å². The normalized spacial score (nSPS) is 16.1. The van der Waals surface area contributed by atoms with Gasteiger partial charge in [0.05, 0.1) is 31.6 Å². The molecule has 2 N–H and O–H groups in total. The molecule has 1 aliphatic heterocycles. The third-order valence-corrected chi connectivity index (χ3v) is 5.85. The number of ether oxygens (including phenoxy) is 2. The summed E-state index contributed by atoms with van der Waals surface area (Å²) in [5.74, 6) is 0.717. The van der Waals surface area contributed by atoms with Crippen molar-refractivity contribution in [3.05, 3.63) is 53.2 Å². The molecule has 0 spiro atoms. The highest BCUT2D eigenvalue weighted by Gasteiger charge is 2.37. The Morgan fingerprint density at radius 3 is 2.76 bits per heavy atom. The number of aryl methyl sites for hydroxylation is 1. The van der Waals surface area contributed by atoms with E-state index in [0.29, 0.717) is 36.2 Å². The van der Waals surface area contributed by atoms with Gasteiger partial charge in [-0.2, -0.15) is 10.1 Å². The second kappa shape index (κ2) is 9.64. The lowest BCUT2D eigenvalue weighted by Crippen LogP contribution is -2.53. The van der Waals surface area contributed by atoms with Crippen LogP contribution in [0.2, 0.25) is 0 Å². The van der Waals surface area contributed by atoms with Gasteiger partial charge in [-0.05, 0) is 31.5 Å². The van der Waals surface area contributed by atoms with Crippen molar-refractivity contribution < 1.29 is 18.7 Å². The Morgan fingerprint density at radius 2 is 2.06 bits per heavy atom. The van der Waals surface area contributed by atoms with Crippen LogP contribution in [-0.2, 0) is 22.6 Å². The zero-order chi connectivity index (χ0) is 24.4. The van der Waals surface area contributed by atoms with Crippen molar-refractivity contribution in [3.8, 4) is 5.75 Å². The smallest absolute Gasteiger partial charge is 0.249 e. The third-order valence-electron chi connectivity index (χ3n) is 5.85. The first-order chi connectivity index (χ1) is 16.3. The Hall–Kier alpha value is -3.73. The molecule has 1 aromatic carbocycles. The fraction of sp³-hybridized carbons (Fsp3) is 0.391. The molecule has 1 aliphatic rings. The van der Waals surface area contributed by atoms with Gasteiger partial charge in [0.2, 0.25) is 11.9 Å². The third kappa shape index (κ3) is 4.65. The van der Waals surface area contributed by atoms with Crippen molar-refractivity contribution in [1.29, 1.82) is 0 Å². The van der Waals surface area contributed by atoms with Crippen molar-refractivity contribution in [2.45, 2.75) is 39.1 Å². The topological polar surface area (TPSA) is 106 Å². The van der Waals surface area contributed by atoms with E-state index in [1.54, 1.807) is 30.1 Å². The average Bonchev–Trinajstić information content (AvgIpc) is 3.25. The SMILES string of the molecule is COc1ccc(Cn2cc(CNc3nc(C)c4c(n3)N(C)C(C(C)OC)C(=O)N4)cn2)cc1F. The molecular formula is C23H28FN7O3. The molecule has 180 valence electrons. The van der Waals surface area contributed by atoms with Crippen molar-refractivity contribution >= 4 is 23.4 Å². The van der Waals surface area contributed by atoms with E-state index >= 15 is 0 Å². The van der Waals surface area contributed by atoms with Gasteiger partial charge in [0.25, 0.3) is 0 Å². The van der Waals surface area contributed by atoms with Gasteiger partial charge in [-0.1, -0.05) is 6.07 Å². The van der Waals surface area contributed by atoms with Gasteiger partial charge in [0.1, 0.15) is 11.7 Å². The molecule has 10 nitrogen and oxygen atoms in total. The molecule has 3 heterocycles. The van der Waals surface area contributed by atoms with E-state index < -0.39 is 11.9 Å². The van der Waals surface area contributed by atoms with Crippen LogP contribution in [0.4, 0.5) is 21.8 Å². The average molecular weight is 470 g/mol. The van der Waals surface area contributed by atoms with Gasteiger partial charge in [0.15, 0.2) is 17.4 Å². The summed E-state index contributed by atoms with van der Waals surface area (Å²) < 4.78 is 26.0. The van der Waals surface area contributed by atoms with Crippen molar-refractivity contribution in [3.63, 3.8) is 0 Å². The van der Waals surface area contributed by atoms with Crippen molar-refractivity contribution in [2.75, 3.05) is 36.8 Å². The van der Waals surface area contributed by atoms with E-state index in [4.69, 9.17) is 9.47 Å². The largest absolute Gasteiger partial charge is 0.494 e. The van der Waals surface area contributed by atoms with Crippen LogP contribution in [0.3, 0.4) is 0 Å². The van der Waals surface area contributed by atoms with E-state index in [9.17, 15) is 9.18 Å². The molecule has 2 unspecified atom stereocenters. The number of nitrogens with zero attached hydrogens (tertiary/aromatic N) is 5. The highest BCUT2D eigenvalue weighted by Crippen LogP contribution is 2.33. The van der Waals surface area contributed by atoms with E-state index in [-0.39, 0.29) is 17.8 Å². The number of rotatable bonds is 8. The van der Waals surface area contributed by atoms with E-state index in [0.717, 1.165) is 11.1 Å². The van der Waals surface area contributed by atoms with Crippen molar-refractivity contribution in [2.24, 2.45) is 0 Å². The number of carbonyl (C=O) groups excluding carboxylic acids is 1. The molecule has 11 heteroatoms. The minimum absolute atomic E-state index is 0.152. The number of halogens is 1. The molecular weight excluding hydrogens is 441 g/mol. The van der Waals surface area contributed by atoms with Gasteiger partial charge >= 0.3 is 0 Å². The van der Waals surface area contributed by atoms with Crippen LogP contribution in [0.1, 0.15) is 23.7 Å². The van der Waals surface area contributed by atoms with E-state index in [1.165, 1.54) is 13.2 Å². The summed E-state index contributed by atoms with van der Waals surface area (Å²) in [6.45, 7) is 4.55. The van der Waals surface area contributed by atoms with Crippen LogP contribution >= 0.6 is 0 Å². The molecule has 1 amide bonds. The number of methoxy groups -OCH3 is 2. The number of anilines is 3. The molecule has 2 aromatic heterocycles. The summed E-state index contributed by atoms with van der Waals surface area (Å²) in [6, 6.07) is 4.35. The maximum absolute atomic E-state index is 13.9. The minimum atomic E-state index is -0.499. The monoisotopic (exact) mass is 469 g/mol. The minimum Gasteiger partial charge on any atom is -0.494 e. The van der Waals surface area contributed by atoms with E-state index in [1.807, 2.05) is 32.0 Å². The molecule has 0 radical (unpaired) electrons. The second-order valence-corrected chi connectivity index (χ2v) is 8.19. The number of hydrogen-bond donors (Lipinski definition) is 2. The zero-order valence-electron chi connectivity index (χ0n) is 19.8. The Morgan fingerprint density at radius 1 is 1.26 bits per heavy atom.